The van der Waals surface area contributed by atoms with Crippen LogP contribution >= 0.6 is 0 Å². The first-order valence-electron chi connectivity index (χ1n) is 9.76. The highest BCUT2D eigenvalue weighted by molar-refractivity contribution is 6.06. The van der Waals surface area contributed by atoms with Gasteiger partial charge in [0.25, 0.3) is 11.8 Å². The van der Waals surface area contributed by atoms with Crippen molar-refractivity contribution in [3.63, 3.8) is 0 Å². The maximum Gasteiger partial charge on any atom is 0.258 e. The van der Waals surface area contributed by atoms with Gasteiger partial charge in [-0.25, -0.2) is 0 Å². The molecule has 0 saturated heterocycles. The number of nitrogens with one attached hydrogen (secondary N) is 1. The summed E-state index contributed by atoms with van der Waals surface area (Å²) in [6, 6.07) is 11.1. The zero-order valence-electron chi connectivity index (χ0n) is 18.0. The van der Waals surface area contributed by atoms with Crippen LogP contribution in [0.15, 0.2) is 36.4 Å². The van der Waals surface area contributed by atoms with E-state index in [1.165, 1.54) is 7.11 Å². The molecule has 2 aromatic rings. The lowest BCUT2D eigenvalue weighted by Gasteiger charge is -2.24. The molecule has 0 atom stereocenters. The molecule has 6 nitrogen and oxygen atoms in total. The second-order valence-corrected chi connectivity index (χ2v) is 7.22. The van der Waals surface area contributed by atoms with Crippen LogP contribution in [-0.4, -0.2) is 38.1 Å². The second-order valence-electron chi connectivity index (χ2n) is 7.22. The minimum Gasteiger partial charge on any atom is -0.493 e. The van der Waals surface area contributed by atoms with Crippen LogP contribution in [0.1, 0.15) is 42.3 Å². The number of carbonyl (C=O) groups excluding carboxylic acids is 2. The first-order valence-corrected chi connectivity index (χ1v) is 9.76. The lowest BCUT2D eigenvalue weighted by Crippen LogP contribution is -2.34. The normalized spacial score (nSPS) is 10.6. The van der Waals surface area contributed by atoms with Crippen LogP contribution in [0.3, 0.4) is 0 Å². The third-order valence-corrected chi connectivity index (χ3v) is 4.42. The number of hydrogen-bond acceptors (Lipinski definition) is 4. The van der Waals surface area contributed by atoms with Gasteiger partial charge in [-0.2, -0.15) is 0 Å². The van der Waals surface area contributed by atoms with E-state index in [1.54, 1.807) is 23.1 Å². The number of rotatable bonds is 8. The van der Waals surface area contributed by atoms with E-state index in [-0.39, 0.29) is 24.5 Å². The van der Waals surface area contributed by atoms with Crippen molar-refractivity contribution in [1.82, 2.24) is 5.32 Å². The lowest BCUT2D eigenvalue weighted by molar-refractivity contribution is -0.123. The van der Waals surface area contributed by atoms with Gasteiger partial charge in [0.1, 0.15) is 0 Å². The van der Waals surface area contributed by atoms with E-state index in [9.17, 15) is 9.59 Å². The molecule has 156 valence electrons. The van der Waals surface area contributed by atoms with Crippen LogP contribution in [0.5, 0.6) is 11.5 Å². The van der Waals surface area contributed by atoms with Crippen molar-refractivity contribution in [3.8, 4) is 11.5 Å². The second kappa shape index (κ2) is 9.96. The summed E-state index contributed by atoms with van der Waals surface area (Å²) in [7, 11) is 1.51. The number of carbonyl (C=O) groups is 2. The van der Waals surface area contributed by atoms with Crippen molar-refractivity contribution in [2.24, 2.45) is 0 Å². The molecule has 0 unspecified atom stereocenters. The Kier molecular flexibility index (Phi) is 7.65. The van der Waals surface area contributed by atoms with Gasteiger partial charge in [0, 0.05) is 23.8 Å². The lowest BCUT2D eigenvalue weighted by atomic mass is 10.1. The fourth-order valence-electron chi connectivity index (χ4n) is 3.11. The van der Waals surface area contributed by atoms with E-state index in [2.05, 4.69) is 11.4 Å². The number of amides is 2. The molecule has 0 aliphatic heterocycles. The molecule has 6 heteroatoms. The molecule has 2 aromatic carbocycles. The summed E-state index contributed by atoms with van der Waals surface area (Å²) in [5, 5.41) is 2.76. The van der Waals surface area contributed by atoms with Crippen LogP contribution in [-0.2, 0) is 4.79 Å². The number of benzene rings is 2. The molecule has 0 radical (unpaired) electrons. The summed E-state index contributed by atoms with van der Waals surface area (Å²) < 4.78 is 10.9. The summed E-state index contributed by atoms with van der Waals surface area (Å²) in [5.41, 5.74) is 3.57. The molecular weight excluding hydrogens is 368 g/mol. The van der Waals surface area contributed by atoms with Crippen molar-refractivity contribution < 1.29 is 19.1 Å². The van der Waals surface area contributed by atoms with Gasteiger partial charge >= 0.3 is 0 Å². The minimum atomic E-state index is -0.214. The quantitative estimate of drug-likeness (QED) is 0.733. The highest BCUT2D eigenvalue weighted by Crippen LogP contribution is 2.30. The molecule has 0 aliphatic rings. The van der Waals surface area contributed by atoms with Crippen LogP contribution in [0.4, 0.5) is 5.69 Å². The topological polar surface area (TPSA) is 67.9 Å². The number of anilines is 1. The minimum absolute atomic E-state index is 0.0400. The van der Waals surface area contributed by atoms with E-state index in [0.29, 0.717) is 23.6 Å². The van der Waals surface area contributed by atoms with Gasteiger partial charge in [0.15, 0.2) is 18.1 Å². The van der Waals surface area contributed by atoms with E-state index in [4.69, 9.17) is 9.47 Å². The zero-order chi connectivity index (χ0) is 21.6. The van der Waals surface area contributed by atoms with Crippen LogP contribution in [0, 0.1) is 13.8 Å². The molecule has 0 aliphatic carbocycles. The monoisotopic (exact) mass is 398 g/mol. The van der Waals surface area contributed by atoms with Crippen LogP contribution in [0.2, 0.25) is 0 Å². The van der Waals surface area contributed by atoms with Gasteiger partial charge in [-0.1, -0.05) is 17.7 Å². The highest BCUT2D eigenvalue weighted by Gasteiger charge is 2.20. The third kappa shape index (κ3) is 5.73. The fourth-order valence-corrected chi connectivity index (χ4v) is 3.11. The third-order valence-electron chi connectivity index (χ3n) is 4.42. The summed E-state index contributed by atoms with van der Waals surface area (Å²) in [6.07, 6.45) is 0. The molecule has 2 amide bonds. The largest absolute Gasteiger partial charge is 0.493 e. The molecule has 1 N–H and O–H groups in total. The Morgan fingerprint density at radius 1 is 1.07 bits per heavy atom. The standard InChI is InChI=1S/C23H30N2O4/c1-7-25(19-10-8-16(4)12-17(19)5)23(27)18-9-11-20(21(13-18)28-6)29-14-22(26)24-15(2)3/h8-13,15H,7,14H2,1-6H3,(H,24,26). The molecular formula is C23H30N2O4. The van der Waals surface area contributed by atoms with Crippen molar-refractivity contribution in [1.29, 1.82) is 0 Å². The predicted molar refractivity (Wildman–Crippen MR) is 115 cm³/mol. The van der Waals surface area contributed by atoms with Gasteiger partial charge in [-0.05, 0) is 64.4 Å². The zero-order valence-corrected chi connectivity index (χ0v) is 18.0. The van der Waals surface area contributed by atoms with Crippen LogP contribution in [0.25, 0.3) is 0 Å². The SMILES string of the molecule is CCN(C(=O)c1ccc(OCC(=O)NC(C)C)c(OC)c1)c1ccc(C)cc1C. The van der Waals surface area contributed by atoms with Gasteiger partial charge < -0.3 is 19.7 Å². The average molecular weight is 399 g/mol. The summed E-state index contributed by atoms with van der Waals surface area (Å²) >= 11 is 0. The number of nitrogens with zero attached hydrogens (tertiary/aromatic N) is 1. The Bertz CT molecular complexity index is 877. The highest BCUT2D eigenvalue weighted by atomic mass is 16.5. The summed E-state index contributed by atoms with van der Waals surface area (Å²) in [4.78, 5) is 26.7. The Balaban J connectivity index is 2.23. The Morgan fingerprint density at radius 3 is 2.38 bits per heavy atom. The molecule has 0 aromatic heterocycles. The first-order chi connectivity index (χ1) is 13.8. The fraction of sp³-hybridized carbons (Fsp3) is 0.391. The Morgan fingerprint density at radius 2 is 1.79 bits per heavy atom. The maximum absolute atomic E-state index is 13.1. The molecule has 0 fully saturated rings. The number of ether oxygens (including phenoxy) is 2. The number of aryl methyl sites for hydroxylation is 2. The van der Waals surface area contributed by atoms with Crippen molar-refractivity contribution >= 4 is 17.5 Å². The van der Waals surface area contributed by atoms with Crippen molar-refractivity contribution in [3.05, 3.63) is 53.1 Å². The smallest absolute Gasteiger partial charge is 0.258 e. The van der Waals surface area contributed by atoms with Gasteiger partial charge in [0.05, 0.1) is 7.11 Å². The summed E-state index contributed by atoms with van der Waals surface area (Å²) in [6.45, 7) is 10.2. The summed E-state index contributed by atoms with van der Waals surface area (Å²) in [5.74, 6) is 0.485. The number of hydrogen-bond donors (Lipinski definition) is 1. The van der Waals surface area contributed by atoms with Gasteiger partial charge in [-0.3, -0.25) is 9.59 Å². The first kappa shape index (κ1) is 22.3. The molecule has 29 heavy (non-hydrogen) atoms. The molecule has 0 saturated carbocycles. The van der Waals surface area contributed by atoms with Crippen molar-refractivity contribution in [2.45, 2.75) is 40.7 Å². The Hall–Kier alpha value is -3.02. The molecule has 0 heterocycles. The molecule has 2 rings (SSSR count). The van der Waals surface area contributed by atoms with E-state index in [0.717, 1.165) is 16.8 Å². The molecule has 0 spiro atoms. The van der Waals surface area contributed by atoms with E-state index in [1.807, 2.05) is 46.8 Å². The van der Waals surface area contributed by atoms with Crippen LogP contribution < -0.4 is 19.7 Å². The Labute approximate surface area is 172 Å². The molecule has 0 bridgehead atoms. The average Bonchev–Trinajstić information content (AvgIpc) is 2.67. The van der Waals surface area contributed by atoms with Crippen molar-refractivity contribution in [2.75, 3.05) is 25.2 Å². The van der Waals surface area contributed by atoms with Gasteiger partial charge in [-0.15, -0.1) is 0 Å². The maximum atomic E-state index is 13.1. The predicted octanol–water partition coefficient (Wildman–Crippen LogP) is 3.88. The van der Waals surface area contributed by atoms with E-state index < -0.39 is 0 Å². The van der Waals surface area contributed by atoms with E-state index >= 15 is 0 Å². The van der Waals surface area contributed by atoms with Gasteiger partial charge in [0.2, 0.25) is 0 Å². The number of methoxy groups -OCH3 is 1.